The molecule has 0 aliphatic heterocycles. The molecule has 0 fully saturated rings. The van der Waals surface area contributed by atoms with Gasteiger partial charge >= 0.3 is 0 Å². The predicted molar refractivity (Wildman–Crippen MR) is 70.0 cm³/mol. The minimum absolute atomic E-state index is 0.491. The lowest BCUT2D eigenvalue weighted by Crippen LogP contribution is -1.92. The molecule has 0 amide bonds. The van der Waals surface area contributed by atoms with Gasteiger partial charge in [-0.15, -0.1) is 0 Å². The summed E-state index contributed by atoms with van der Waals surface area (Å²) < 4.78 is 0. The number of hydrogen-bond acceptors (Lipinski definition) is 1. The van der Waals surface area contributed by atoms with Crippen LogP contribution >= 0.6 is 34.8 Å². The van der Waals surface area contributed by atoms with E-state index in [2.05, 4.69) is 11.4 Å². The Morgan fingerprint density at radius 2 is 1.50 bits per heavy atom. The fourth-order valence-electron chi connectivity index (χ4n) is 1.28. The van der Waals surface area contributed by atoms with Gasteiger partial charge in [-0.05, 0) is 30.3 Å². The van der Waals surface area contributed by atoms with Crippen LogP contribution in [-0.2, 0) is 0 Å². The molecule has 4 heteroatoms. The summed E-state index contributed by atoms with van der Waals surface area (Å²) in [5.74, 6) is 0. The lowest BCUT2D eigenvalue weighted by Gasteiger charge is -2.10. The Hall–Kier alpha value is -0.890. The number of benzene rings is 2. The van der Waals surface area contributed by atoms with Crippen LogP contribution in [0.2, 0.25) is 15.1 Å². The molecule has 0 bridgehead atoms. The van der Waals surface area contributed by atoms with Gasteiger partial charge < -0.3 is 5.32 Å². The van der Waals surface area contributed by atoms with Crippen LogP contribution in [0.15, 0.2) is 36.4 Å². The average Bonchev–Trinajstić information content (AvgIpc) is 2.25. The Balaban J connectivity index is 2.35. The summed E-state index contributed by atoms with van der Waals surface area (Å²) in [6, 6.07) is 13.6. The zero-order valence-electron chi connectivity index (χ0n) is 8.10. The van der Waals surface area contributed by atoms with E-state index >= 15 is 0 Å². The molecule has 16 heavy (non-hydrogen) atoms. The summed E-state index contributed by atoms with van der Waals surface area (Å²) in [7, 11) is 0. The first-order valence-electron chi connectivity index (χ1n) is 4.54. The maximum Gasteiger partial charge on any atom is 0.0764 e. The van der Waals surface area contributed by atoms with Crippen LogP contribution in [0.5, 0.6) is 0 Å². The van der Waals surface area contributed by atoms with Crippen LogP contribution in [-0.4, -0.2) is 0 Å². The summed E-state index contributed by atoms with van der Waals surface area (Å²) in [5.41, 5.74) is 1.55. The molecule has 2 aromatic carbocycles. The Kier molecular flexibility index (Phi) is 3.59. The molecule has 1 N–H and O–H groups in total. The Morgan fingerprint density at radius 3 is 2.06 bits per heavy atom. The van der Waals surface area contributed by atoms with Crippen molar-refractivity contribution in [3.05, 3.63) is 57.5 Å². The molecule has 2 aromatic rings. The molecule has 0 atom stereocenters. The Labute approximate surface area is 109 Å². The molecular formula is C12H7Cl3N. The molecule has 0 saturated heterocycles. The molecule has 0 aliphatic rings. The van der Waals surface area contributed by atoms with Gasteiger partial charge in [-0.3, -0.25) is 0 Å². The second-order valence-electron chi connectivity index (χ2n) is 3.16. The van der Waals surface area contributed by atoms with Crippen LogP contribution in [0.4, 0.5) is 11.4 Å². The summed E-state index contributed by atoms with van der Waals surface area (Å²) in [6.45, 7) is 0. The monoisotopic (exact) mass is 270 g/mol. The molecule has 0 saturated carbocycles. The van der Waals surface area contributed by atoms with Crippen molar-refractivity contribution in [1.82, 2.24) is 0 Å². The van der Waals surface area contributed by atoms with Crippen LogP contribution in [0, 0.1) is 6.07 Å². The first kappa shape index (κ1) is 11.6. The van der Waals surface area contributed by atoms with E-state index in [0.717, 1.165) is 5.69 Å². The van der Waals surface area contributed by atoms with Gasteiger partial charge in [0.15, 0.2) is 0 Å². The van der Waals surface area contributed by atoms with Gasteiger partial charge in [-0.1, -0.05) is 46.9 Å². The zero-order chi connectivity index (χ0) is 11.5. The van der Waals surface area contributed by atoms with Crippen molar-refractivity contribution in [2.75, 3.05) is 5.32 Å². The molecule has 81 valence electrons. The Bertz CT molecular complexity index is 474. The summed E-state index contributed by atoms with van der Waals surface area (Å²) >= 11 is 17.9. The first-order chi connectivity index (χ1) is 7.66. The third kappa shape index (κ3) is 2.62. The molecule has 0 unspecified atom stereocenters. The third-order valence-corrected chi connectivity index (χ3v) is 2.81. The largest absolute Gasteiger partial charge is 0.353 e. The van der Waals surface area contributed by atoms with Gasteiger partial charge in [0.25, 0.3) is 0 Å². The van der Waals surface area contributed by atoms with E-state index in [0.29, 0.717) is 20.8 Å². The minimum Gasteiger partial charge on any atom is -0.353 e. The second kappa shape index (κ2) is 4.96. The van der Waals surface area contributed by atoms with Crippen molar-refractivity contribution < 1.29 is 0 Å². The van der Waals surface area contributed by atoms with Crippen LogP contribution < -0.4 is 5.32 Å². The quantitative estimate of drug-likeness (QED) is 0.792. The van der Waals surface area contributed by atoms with E-state index in [1.165, 1.54) is 0 Å². The second-order valence-corrected chi connectivity index (χ2v) is 4.41. The number of halogens is 3. The summed E-state index contributed by atoms with van der Waals surface area (Å²) in [5, 5.41) is 4.62. The normalized spacial score (nSPS) is 10.2. The number of anilines is 2. The Morgan fingerprint density at radius 1 is 0.938 bits per heavy atom. The fourth-order valence-corrected chi connectivity index (χ4v) is 2.19. The van der Waals surface area contributed by atoms with Crippen molar-refractivity contribution >= 4 is 46.2 Å². The molecule has 0 spiro atoms. The summed E-state index contributed by atoms with van der Waals surface area (Å²) in [6.07, 6.45) is 0. The van der Waals surface area contributed by atoms with E-state index < -0.39 is 0 Å². The van der Waals surface area contributed by atoms with Gasteiger partial charge in [0.05, 0.1) is 15.7 Å². The SMILES string of the molecule is Clc1cc(Cl)c(Nc2cc[c]cc2)c(Cl)c1. The maximum absolute atomic E-state index is 6.05. The molecule has 0 heterocycles. The van der Waals surface area contributed by atoms with E-state index in [-0.39, 0.29) is 0 Å². The summed E-state index contributed by atoms with van der Waals surface area (Å²) in [4.78, 5) is 0. The van der Waals surface area contributed by atoms with Crippen LogP contribution in [0.25, 0.3) is 0 Å². The minimum atomic E-state index is 0.491. The highest BCUT2D eigenvalue weighted by molar-refractivity contribution is 6.41. The van der Waals surface area contributed by atoms with Gasteiger partial charge in [-0.2, -0.15) is 0 Å². The van der Waals surface area contributed by atoms with Gasteiger partial charge in [0.2, 0.25) is 0 Å². The highest BCUT2D eigenvalue weighted by Gasteiger charge is 2.07. The van der Waals surface area contributed by atoms with E-state index in [4.69, 9.17) is 34.8 Å². The number of rotatable bonds is 2. The van der Waals surface area contributed by atoms with Crippen molar-refractivity contribution in [2.24, 2.45) is 0 Å². The van der Waals surface area contributed by atoms with Gasteiger partial charge in [0, 0.05) is 10.7 Å². The highest BCUT2D eigenvalue weighted by Crippen LogP contribution is 2.35. The average molecular weight is 272 g/mol. The van der Waals surface area contributed by atoms with E-state index in [9.17, 15) is 0 Å². The van der Waals surface area contributed by atoms with Crippen molar-refractivity contribution in [1.29, 1.82) is 0 Å². The van der Waals surface area contributed by atoms with Gasteiger partial charge in [-0.25, -0.2) is 0 Å². The predicted octanol–water partition coefficient (Wildman–Crippen LogP) is 5.19. The van der Waals surface area contributed by atoms with Crippen LogP contribution in [0.1, 0.15) is 0 Å². The maximum atomic E-state index is 6.05. The molecule has 0 aliphatic carbocycles. The molecule has 0 aromatic heterocycles. The first-order valence-corrected chi connectivity index (χ1v) is 5.68. The highest BCUT2D eigenvalue weighted by atomic mass is 35.5. The number of nitrogens with one attached hydrogen (secondary N) is 1. The smallest absolute Gasteiger partial charge is 0.0764 e. The third-order valence-electron chi connectivity index (χ3n) is 1.99. The van der Waals surface area contributed by atoms with Gasteiger partial charge in [0.1, 0.15) is 0 Å². The molecule has 1 radical (unpaired) electrons. The van der Waals surface area contributed by atoms with E-state index in [1.807, 2.05) is 12.1 Å². The molecule has 1 nitrogen and oxygen atoms in total. The zero-order valence-corrected chi connectivity index (χ0v) is 10.4. The van der Waals surface area contributed by atoms with Crippen molar-refractivity contribution in [3.8, 4) is 0 Å². The number of hydrogen-bond donors (Lipinski definition) is 1. The molecular weight excluding hydrogens is 264 g/mol. The lowest BCUT2D eigenvalue weighted by atomic mass is 10.2. The topological polar surface area (TPSA) is 12.0 Å². The lowest BCUT2D eigenvalue weighted by molar-refractivity contribution is 1.54. The van der Waals surface area contributed by atoms with Crippen LogP contribution in [0.3, 0.4) is 0 Å². The van der Waals surface area contributed by atoms with Crippen molar-refractivity contribution in [2.45, 2.75) is 0 Å². The fraction of sp³-hybridized carbons (Fsp3) is 0. The molecule has 2 rings (SSSR count). The van der Waals surface area contributed by atoms with E-state index in [1.54, 1.807) is 24.3 Å². The van der Waals surface area contributed by atoms with Crippen molar-refractivity contribution in [3.63, 3.8) is 0 Å². The standard InChI is InChI=1S/C12H7Cl3N/c13-8-6-10(14)12(11(15)7-8)16-9-4-2-1-3-5-9/h2-7,16H.